The molecule has 2 aromatic rings. The molecule has 1 N–H and O–H groups in total. The minimum Gasteiger partial charge on any atom is -0.389 e. The Balaban J connectivity index is 2.27. The van der Waals surface area contributed by atoms with E-state index >= 15 is 0 Å². The molecule has 0 aliphatic heterocycles. The van der Waals surface area contributed by atoms with Crippen LogP contribution >= 0.6 is 0 Å². The minimum atomic E-state index is -0.677. The van der Waals surface area contributed by atoms with Gasteiger partial charge in [0.2, 0.25) is 0 Å². The SMILES string of the molecule is OC/C(F)=C\c1cc(-c2ccccn2)no1. The van der Waals surface area contributed by atoms with Gasteiger partial charge in [-0.15, -0.1) is 0 Å². The van der Waals surface area contributed by atoms with E-state index in [2.05, 4.69) is 10.1 Å². The van der Waals surface area contributed by atoms with Crippen LogP contribution in [0.3, 0.4) is 0 Å². The largest absolute Gasteiger partial charge is 0.389 e. The van der Waals surface area contributed by atoms with E-state index in [0.717, 1.165) is 6.08 Å². The number of nitrogens with zero attached hydrogens (tertiary/aromatic N) is 2. The third-order valence-electron chi connectivity index (χ3n) is 1.91. The second-order valence-corrected chi connectivity index (χ2v) is 3.08. The number of hydrogen-bond donors (Lipinski definition) is 1. The van der Waals surface area contributed by atoms with Crippen LogP contribution in [-0.4, -0.2) is 21.9 Å². The van der Waals surface area contributed by atoms with Crippen LogP contribution < -0.4 is 0 Å². The molecule has 0 amide bonds. The van der Waals surface area contributed by atoms with Crippen molar-refractivity contribution in [3.63, 3.8) is 0 Å². The first-order valence-corrected chi connectivity index (χ1v) is 4.64. The quantitative estimate of drug-likeness (QED) is 0.859. The van der Waals surface area contributed by atoms with Gasteiger partial charge in [-0.25, -0.2) is 4.39 Å². The summed E-state index contributed by atoms with van der Waals surface area (Å²) in [5.74, 6) is -0.434. The van der Waals surface area contributed by atoms with Crippen LogP contribution in [0.2, 0.25) is 0 Å². The molecule has 0 fully saturated rings. The maximum atomic E-state index is 12.7. The number of rotatable bonds is 3. The summed E-state index contributed by atoms with van der Waals surface area (Å²) in [6, 6.07) is 6.93. The Kier molecular flexibility index (Phi) is 3.07. The fourth-order valence-corrected chi connectivity index (χ4v) is 1.19. The molecule has 0 unspecified atom stereocenters. The van der Waals surface area contributed by atoms with Gasteiger partial charge in [-0.3, -0.25) is 4.98 Å². The van der Waals surface area contributed by atoms with Gasteiger partial charge >= 0.3 is 0 Å². The molecule has 5 heteroatoms. The number of aromatic nitrogens is 2. The van der Waals surface area contributed by atoms with Gasteiger partial charge in [-0.05, 0) is 12.1 Å². The van der Waals surface area contributed by atoms with Crippen molar-refractivity contribution in [2.24, 2.45) is 0 Å². The van der Waals surface area contributed by atoms with Gasteiger partial charge in [0.15, 0.2) is 5.76 Å². The fraction of sp³-hybridized carbons (Fsp3) is 0.0909. The summed E-state index contributed by atoms with van der Waals surface area (Å²) in [5, 5.41) is 12.2. The molecular formula is C11H9FN2O2. The lowest BCUT2D eigenvalue weighted by molar-refractivity contribution is 0.299. The summed E-state index contributed by atoms with van der Waals surface area (Å²) in [6.07, 6.45) is 2.72. The molecule has 0 aliphatic rings. The van der Waals surface area contributed by atoms with Crippen LogP contribution in [0.4, 0.5) is 4.39 Å². The smallest absolute Gasteiger partial charge is 0.163 e. The molecular weight excluding hydrogens is 211 g/mol. The molecule has 0 atom stereocenters. The van der Waals surface area contributed by atoms with Crippen molar-refractivity contribution in [2.75, 3.05) is 6.61 Å². The number of aliphatic hydroxyl groups is 1. The van der Waals surface area contributed by atoms with Gasteiger partial charge in [-0.1, -0.05) is 11.2 Å². The first-order valence-electron chi connectivity index (χ1n) is 4.64. The van der Waals surface area contributed by atoms with E-state index < -0.39 is 12.4 Å². The average molecular weight is 220 g/mol. The molecule has 4 nitrogen and oxygen atoms in total. The third kappa shape index (κ3) is 2.32. The highest BCUT2D eigenvalue weighted by molar-refractivity contribution is 5.58. The predicted octanol–water partition coefficient (Wildman–Crippen LogP) is 2.04. The van der Waals surface area contributed by atoms with Crippen LogP contribution in [0.5, 0.6) is 0 Å². The van der Waals surface area contributed by atoms with Gasteiger partial charge in [0.25, 0.3) is 0 Å². The zero-order valence-corrected chi connectivity index (χ0v) is 8.30. The van der Waals surface area contributed by atoms with E-state index in [9.17, 15) is 4.39 Å². The van der Waals surface area contributed by atoms with Gasteiger partial charge in [0, 0.05) is 18.3 Å². The average Bonchev–Trinajstić information content (AvgIpc) is 2.78. The summed E-state index contributed by atoms with van der Waals surface area (Å²) in [5.41, 5.74) is 1.17. The number of pyridine rings is 1. The third-order valence-corrected chi connectivity index (χ3v) is 1.91. The van der Waals surface area contributed by atoms with Crippen LogP contribution in [-0.2, 0) is 0 Å². The van der Waals surface area contributed by atoms with E-state index in [1.165, 1.54) is 0 Å². The van der Waals surface area contributed by atoms with E-state index in [4.69, 9.17) is 9.63 Å². The summed E-state index contributed by atoms with van der Waals surface area (Å²) in [7, 11) is 0. The maximum Gasteiger partial charge on any atom is 0.163 e. The maximum absolute atomic E-state index is 12.7. The molecule has 0 aromatic carbocycles. The van der Waals surface area contributed by atoms with Crippen molar-refractivity contribution in [3.05, 3.63) is 42.0 Å². The molecule has 0 saturated heterocycles. The van der Waals surface area contributed by atoms with Crippen molar-refractivity contribution in [2.45, 2.75) is 0 Å². The Morgan fingerprint density at radius 1 is 1.44 bits per heavy atom. The lowest BCUT2D eigenvalue weighted by Gasteiger charge is -1.90. The van der Waals surface area contributed by atoms with E-state index in [-0.39, 0.29) is 5.76 Å². The second-order valence-electron chi connectivity index (χ2n) is 3.08. The Morgan fingerprint density at radius 2 is 2.31 bits per heavy atom. The van der Waals surface area contributed by atoms with Crippen molar-refractivity contribution in [1.29, 1.82) is 0 Å². The summed E-state index contributed by atoms with van der Waals surface area (Å²) in [4.78, 5) is 4.08. The highest BCUT2D eigenvalue weighted by Gasteiger charge is 2.06. The molecule has 82 valence electrons. The Hall–Kier alpha value is -2.01. The van der Waals surface area contributed by atoms with Crippen molar-refractivity contribution < 1.29 is 14.0 Å². The van der Waals surface area contributed by atoms with Crippen LogP contribution in [0.15, 0.2) is 40.8 Å². The fourth-order valence-electron chi connectivity index (χ4n) is 1.19. The minimum absolute atomic E-state index is 0.243. The lowest BCUT2D eigenvalue weighted by Crippen LogP contribution is -1.80. The lowest BCUT2D eigenvalue weighted by atomic mass is 10.2. The molecule has 0 bridgehead atoms. The van der Waals surface area contributed by atoms with Gasteiger partial charge in [0.05, 0.1) is 12.3 Å². The van der Waals surface area contributed by atoms with Crippen molar-refractivity contribution in [3.8, 4) is 11.4 Å². The van der Waals surface area contributed by atoms with Gasteiger partial charge < -0.3 is 9.63 Å². The Morgan fingerprint density at radius 3 is 3.00 bits per heavy atom. The number of halogens is 1. The van der Waals surface area contributed by atoms with Crippen molar-refractivity contribution in [1.82, 2.24) is 10.1 Å². The van der Waals surface area contributed by atoms with Crippen LogP contribution in [0, 0.1) is 0 Å². The van der Waals surface area contributed by atoms with Gasteiger partial charge in [-0.2, -0.15) is 0 Å². The molecule has 2 heterocycles. The predicted molar refractivity (Wildman–Crippen MR) is 55.9 cm³/mol. The molecule has 0 radical (unpaired) electrons. The highest BCUT2D eigenvalue weighted by atomic mass is 19.1. The normalized spacial score (nSPS) is 11.8. The number of hydrogen-bond acceptors (Lipinski definition) is 4. The van der Waals surface area contributed by atoms with Crippen LogP contribution in [0.1, 0.15) is 5.76 Å². The molecule has 2 aromatic heterocycles. The molecule has 16 heavy (non-hydrogen) atoms. The second kappa shape index (κ2) is 4.67. The summed E-state index contributed by atoms with van der Waals surface area (Å²) >= 11 is 0. The Bertz CT molecular complexity index is 494. The highest BCUT2D eigenvalue weighted by Crippen LogP contribution is 2.17. The topological polar surface area (TPSA) is 59.2 Å². The summed E-state index contributed by atoms with van der Waals surface area (Å²) in [6.45, 7) is -0.653. The van der Waals surface area contributed by atoms with Crippen molar-refractivity contribution >= 4 is 6.08 Å². The first kappa shape index (κ1) is 10.5. The standard InChI is InChI=1S/C11H9FN2O2/c12-8(7-15)5-9-6-11(14-16-9)10-3-1-2-4-13-10/h1-6,15H,7H2/b8-5+. The zero-order valence-electron chi connectivity index (χ0n) is 8.30. The van der Waals surface area contributed by atoms with Crippen LogP contribution in [0.25, 0.3) is 17.5 Å². The van der Waals surface area contributed by atoms with E-state index in [0.29, 0.717) is 11.4 Å². The van der Waals surface area contributed by atoms with E-state index in [1.807, 2.05) is 6.07 Å². The monoisotopic (exact) mass is 220 g/mol. The summed E-state index contributed by atoms with van der Waals surface area (Å²) < 4.78 is 17.6. The molecule has 0 spiro atoms. The van der Waals surface area contributed by atoms with E-state index in [1.54, 1.807) is 24.4 Å². The molecule has 0 aliphatic carbocycles. The zero-order chi connectivity index (χ0) is 11.4. The molecule has 2 rings (SSSR count). The molecule has 0 saturated carbocycles. The van der Waals surface area contributed by atoms with Gasteiger partial charge in [0.1, 0.15) is 11.5 Å². The first-order chi connectivity index (χ1) is 7.79. The Labute approximate surface area is 91.0 Å². The number of aliphatic hydroxyl groups excluding tert-OH is 1.